The van der Waals surface area contributed by atoms with Gasteiger partial charge in [-0.2, -0.15) is 0 Å². The second kappa shape index (κ2) is 6.18. The van der Waals surface area contributed by atoms with Crippen molar-refractivity contribution in [1.29, 1.82) is 0 Å². The summed E-state index contributed by atoms with van der Waals surface area (Å²) in [4.78, 5) is 4.46. The topological polar surface area (TPSA) is 12.4 Å². The van der Waals surface area contributed by atoms with Crippen molar-refractivity contribution >= 4 is 6.72 Å². The highest BCUT2D eigenvalue weighted by molar-refractivity contribution is 5.26. The highest BCUT2D eigenvalue weighted by atomic mass is 14.8. The molecule has 0 saturated carbocycles. The van der Waals surface area contributed by atoms with Crippen molar-refractivity contribution in [3.63, 3.8) is 0 Å². The molecule has 2 unspecified atom stereocenters. The first-order valence-corrected chi connectivity index (χ1v) is 6.75. The van der Waals surface area contributed by atoms with Gasteiger partial charge in [-0.1, -0.05) is 23.3 Å². The minimum atomic E-state index is 0.0587. The van der Waals surface area contributed by atoms with Crippen molar-refractivity contribution in [3.05, 3.63) is 23.3 Å². The van der Waals surface area contributed by atoms with Crippen molar-refractivity contribution in [3.8, 4) is 0 Å². The fourth-order valence-electron chi connectivity index (χ4n) is 2.60. The third kappa shape index (κ3) is 4.14. The van der Waals surface area contributed by atoms with Crippen LogP contribution in [0, 0.1) is 5.92 Å². The summed E-state index contributed by atoms with van der Waals surface area (Å²) in [6.07, 6.45) is 10.6. The average Bonchev–Trinajstić information content (AvgIpc) is 2.29. The molecule has 0 heterocycles. The van der Waals surface area contributed by atoms with Gasteiger partial charge in [-0.05, 0) is 72.4 Å². The summed E-state index contributed by atoms with van der Waals surface area (Å²) in [7, 11) is 0. The molecule has 0 spiro atoms. The van der Waals surface area contributed by atoms with Crippen LogP contribution in [0.15, 0.2) is 28.3 Å². The molecule has 0 aromatic carbocycles. The Labute approximate surface area is 107 Å². The molecule has 1 nitrogen and oxygen atoms in total. The van der Waals surface area contributed by atoms with E-state index in [1.165, 1.54) is 30.4 Å². The second-order valence-corrected chi connectivity index (χ2v) is 5.86. The van der Waals surface area contributed by atoms with E-state index in [-0.39, 0.29) is 5.54 Å². The quantitative estimate of drug-likeness (QED) is 0.471. The largest absolute Gasteiger partial charge is 0.294 e. The molecule has 0 bridgehead atoms. The zero-order chi connectivity index (χ0) is 12.9. The van der Waals surface area contributed by atoms with E-state index in [2.05, 4.69) is 51.6 Å². The van der Waals surface area contributed by atoms with Gasteiger partial charge in [0.2, 0.25) is 0 Å². The third-order valence-corrected chi connectivity index (χ3v) is 4.08. The molecular weight excluding hydrogens is 206 g/mol. The van der Waals surface area contributed by atoms with E-state index in [1.54, 1.807) is 0 Å². The molecule has 0 fully saturated rings. The summed E-state index contributed by atoms with van der Waals surface area (Å²) in [6, 6.07) is 0. The van der Waals surface area contributed by atoms with Gasteiger partial charge in [-0.3, -0.25) is 4.99 Å². The summed E-state index contributed by atoms with van der Waals surface area (Å²) in [5, 5.41) is 0. The van der Waals surface area contributed by atoms with E-state index in [1.807, 2.05) is 0 Å². The number of nitrogens with zero attached hydrogens (tertiary/aromatic N) is 1. The second-order valence-electron chi connectivity index (χ2n) is 5.86. The molecule has 17 heavy (non-hydrogen) atoms. The van der Waals surface area contributed by atoms with Gasteiger partial charge in [0.15, 0.2) is 0 Å². The van der Waals surface area contributed by atoms with Gasteiger partial charge in [-0.15, -0.1) is 0 Å². The average molecular weight is 233 g/mol. The van der Waals surface area contributed by atoms with Crippen LogP contribution in [0.25, 0.3) is 0 Å². The first-order chi connectivity index (χ1) is 7.98. The minimum Gasteiger partial charge on any atom is -0.294 e. The third-order valence-electron chi connectivity index (χ3n) is 4.08. The van der Waals surface area contributed by atoms with E-state index in [4.69, 9.17) is 0 Å². The Bertz CT molecular complexity index is 320. The fraction of sp³-hybridized carbons (Fsp3) is 0.688. The molecule has 0 saturated heterocycles. The van der Waals surface area contributed by atoms with Crippen molar-refractivity contribution in [2.75, 3.05) is 0 Å². The van der Waals surface area contributed by atoms with Crippen LogP contribution in [-0.4, -0.2) is 12.3 Å². The number of hydrogen-bond donors (Lipinski definition) is 0. The van der Waals surface area contributed by atoms with Crippen LogP contribution in [0.4, 0.5) is 0 Å². The van der Waals surface area contributed by atoms with Crippen molar-refractivity contribution in [2.45, 2.75) is 65.3 Å². The molecule has 96 valence electrons. The Morgan fingerprint density at radius 2 is 2.29 bits per heavy atom. The fourth-order valence-corrected chi connectivity index (χ4v) is 2.60. The molecule has 1 aliphatic rings. The van der Waals surface area contributed by atoms with E-state index >= 15 is 0 Å². The van der Waals surface area contributed by atoms with Crippen LogP contribution in [0.5, 0.6) is 0 Å². The summed E-state index contributed by atoms with van der Waals surface area (Å²) in [5.74, 6) is 0.675. The number of hydrogen-bond acceptors (Lipinski definition) is 1. The highest BCUT2D eigenvalue weighted by Gasteiger charge is 2.32. The SMILES string of the molecule is C=NC(C)(CCC=C(C)C)C1CC=C(C)CC1. The molecule has 0 aromatic heterocycles. The van der Waals surface area contributed by atoms with Crippen LogP contribution in [0.2, 0.25) is 0 Å². The summed E-state index contributed by atoms with van der Waals surface area (Å²) >= 11 is 0. The number of rotatable bonds is 5. The monoisotopic (exact) mass is 233 g/mol. The maximum Gasteiger partial charge on any atom is 0.0607 e. The molecule has 2 atom stereocenters. The van der Waals surface area contributed by atoms with Crippen molar-refractivity contribution in [2.24, 2.45) is 10.9 Å². The Balaban J connectivity index is 2.62. The Hall–Kier alpha value is -0.850. The summed E-state index contributed by atoms with van der Waals surface area (Å²) in [6.45, 7) is 12.7. The Morgan fingerprint density at radius 3 is 2.76 bits per heavy atom. The lowest BCUT2D eigenvalue weighted by molar-refractivity contribution is 0.260. The predicted molar refractivity (Wildman–Crippen MR) is 77.7 cm³/mol. The van der Waals surface area contributed by atoms with Gasteiger partial charge in [-0.25, -0.2) is 0 Å². The van der Waals surface area contributed by atoms with Crippen LogP contribution in [0.1, 0.15) is 59.8 Å². The smallest absolute Gasteiger partial charge is 0.0607 e. The van der Waals surface area contributed by atoms with E-state index in [0.717, 1.165) is 12.8 Å². The van der Waals surface area contributed by atoms with Gasteiger partial charge in [0, 0.05) is 0 Å². The van der Waals surface area contributed by atoms with Crippen LogP contribution in [-0.2, 0) is 0 Å². The number of aliphatic imine (C=N–C) groups is 1. The summed E-state index contributed by atoms with van der Waals surface area (Å²) < 4.78 is 0. The lowest BCUT2D eigenvalue weighted by atomic mass is 9.74. The minimum absolute atomic E-state index is 0.0587. The first-order valence-electron chi connectivity index (χ1n) is 6.75. The van der Waals surface area contributed by atoms with Crippen molar-refractivity contribution < 1.29 is 0 Å². The number of allylic oxidation sites excluding steroid dienone is 4. The zero-order valence-electron chi connectivity index (χ0n) is 11.9. The van der Waals surface area contributed by atoms with Gasteiger partial charge >= 0.3 is 0 Å². The van der Waals surface area contributed by atoms with Crippen LogP contribution < -0.4 is 0 Å². The first kappa shape index (κ1) is 14.2. The maximum atomic E-state index is 4.46. The molecule has 0 aliphatic heterocycles. The lowest BCUT2D eigenvalue weighted by Gasteiger charge is -2.35. The molecule has 1 aliphatic carbocycles. The van der Waals surface area contributed by atoms with Gasteiger partial charge in [0.1, 0.15) is 0 Å². The maximum absolute atomic E-state index is 4.46. The summed E-state index contributed by atoms with van der Waals surface area (Å²) in [5.41, 5.74) is 3.00. The normalized spacial score (nSPS) is 23.5. The Morgan fingerprint density at radius 1 is 1.59 bits per heavy atom. The molecule has 1 heteroatoms. The zero-order valence-corrected chi connectivity index (χ0v) is 11.9. The molecule has 0 radical (unpaired) electrons. The van der Waals surface area contributed by atoms with Crippen molar-refractivity contribution in [1.82, 2.24) is 0 Å². The Kier molecular flexibility index (Phi) is 5.17. The molecule has 0 N–H and O–H groups in total. The van der Waals surface area contributed by atoms with Crippen LogP contribution >= 0.6 is 0 Å². The standard InChI is InChI=1S/C16H27N/c1-13(2)7-6-12-16(4,17-5)15-10-8-14(3)9-11-15/h7-8,15H,5-6,9-12H2,1-4H3. The molecule has 0 amide bonds. The van der Waals surface area contributed by atoms with E-state index in [9.17, 15) is 0 Å². The predicted octanol–water partition coefficient (Wildman–Crippen LogP) is 4.94. The highest BCUT2D eigenvalue weighted by Crippen LogP contribution is 2.37. The van der Waals surface area contributed by atoms with E-state index in [0.29, 0.717) is 5.92 Å². The molecule has 0 aromatic rings. The lowest BCUT2D eigenvalue weighted by Crippen LogP contribution is -2.33. The van der Waals surface area contributed by atoms with Gasteiger partial charge in [0.05, 0.1) is 5.54 Å². The van der Waals surface area contributed by atoms with Crippen LogP contribution in [0.3, 0.4) is 0 Å². The van der Waals surface area contributed by atoms with E-state index < -0.39 is 0 Å². The van der Waals surface area contributed by atoms with Gasteiger partial charge < -0.3 is 0 Å². The molecule has 1 rings (SSSR count). The molecular formula is C16H27N. The van der Waals surface area contributed by atoms with Gasteiger partial charge in [0.25, 0.3) is 0 Å².